The lowest BCUT2D eigenvalue weighted by Crippen LogP contribution is -2.44. The molecule has 0 fully saturated rings. The van der Waals surface area contributed by atoms with Crippen molar-refractivity contribution in [3.05, 3.63) is 0 Å². The molecule has 0 aliphatic rings. The summed E-state index contributed by atoms with van der Waals surface area (Å²) in [6.45, 7) is 7.58. The summed E-state index contributed by atoms with van der Waals surface area (Å²) < 4.78 is 0. The van der Waals surface area contributed by atoms with Gasteiger partial charge in [-0.05, 0) is 25.0 Å². The van der Waals surface area contributed by atoms with Gasteiger partial charge in [-0.2, -0.15) is 11.8 Å². The summed E-state index contributed by atoms with van der Waals surface area (Å²) in [5, 5.41) is 2.80. The van der Waals surface area contributed by atoms with Crippen LogP contribution < -0.4 is 5.32 Å². The normalized spacial score (nSPS) is 12.5. The van der Waals surface area contributed by atoms with E-state index >= 15 is 0 Å². The molecule has 1 N–H and O–H groups in total. The maximum absolute atomic E-state index is 11.6. The molecule has 0 aromatic rings. The highest BCUT2D eigenvalue weighted by atomic mass is 32.2. The minimum atomic E-state index is -0.334. The van der Waals surface area contributed by atoms with Crippen molar-refractivity contribution in [3.63, 3.8) is 0 Å². The number of hydrogen-bond donors (Lipinski definition) is 1. The fraction of sp³-hybridized carbons (Fsp3) is 0.846. The summed E-state index contributed by atoms with van der Waals surface area (Å²) in [4.78, 5) is 22.9. The van der Waals surface area contributed by atoms with Gasteiger partial charge in [-0.15, -0.1) is 0 Å². The highest BCUT2D eigenvalue weighted by Gasteiger charge is 2.20. The van der Waals surface area contributed by atoms with Crippen molar-refractivity contribution in [1.29, 1.82) is 0 Å². The fourth-order valence-electron chi connectivity index (χ4n) is 1.57. The molecule has 0 aromatic heterocycles. The Balaban J connectivity index is 3.80. The number of rotatable bonds is 9. The predicted molar refractivity (Wildman–Crippen MR) is 74.3 cm³/mol. The van der Waals surface area contributed by atoms with E-state index in [1.54, 1.807) is 11.8 Å². The number of unbranched alkanes of at least 4 members (excludes halogenated alkanes) is 2. The third-order valence-corrected chi connectivity index (χ3v) is 3.59. The summed E-state index contributed by atoms with van der Waals surface area (Å²) in [6, 6.07) is -0.334. The topological polar surface area (TPSA) is 46.2 Å². The molecule has 17 heavy (non-hydrogen) atoms. The number of hydrogen-bond acceptors (Lipinski definition) is 3. The molecule has 0 heterocycles. The lowest BCUT2D eigenvalue weighted by Gasteiger charge is -2.19. The van der Waals surface area contributed by atoms with Gasteiger partial charge in [-0.25, -0.2) is 0 Å². The standard InChI is InChI=1S/C13H25NO2S/c1-5-6-7-8-17-9-12(16)14-13(10(2)3)11(4)15/h10,13H,5-9H2,1-4H3,(H,14,16). The third kappa shape index (κ3) is 8.25. The second-order valence-corrected chi connectivity index (χ2v) is 5.76. The van der Waals surface area contributed by atoms with E-state index in [0.717, 1.165) is 12.2 Å². The number of ketones is 1. The molecule has 1 unspecified atom stereocenters. The number of carbonyl (C=O) groups excluding carboxylic acids is 2. The number of thioether (sulfide) groups is 1. The minimum Gasteiger partial charge on any atom is -0.345 e. The van der Waals surface area contributed by atoms with Crippen molar-refractivity contribution in [3.8, 4) is 0 Å². The van der Waals surface area contributed by atoms with Crippen molar-refractivity contribution in [2.75, 3.05) is 11.5 Å². The first-order valence-corrected chi connectivity index (χ1v) is 7.52. The monoisotopic (exact) mass is 259 g/mol. The van der Waals surface area contributed by atoms with Crippen molar-refractivity contribution in [2.45, 2.75) is 53.0 Å². The molecule has 0 aliphatic heterocycles. The van der Waals surface area contributed by atoms with Crippen LogP contribution in [0.1, 0.15) is 47.0 Å². The molecule has 0 saturated carbocycles. The Kier molecular flexibility index (Phi) is 9.23. The molecular formula is C13H25NO2S. The molecule has 0 aromatic carbocycles. The van der Waals surface area contributed by atoms with E-state index in [9.17, 15) is 9.59 Å². The van der Waals surface area contributed by atoms with Gasteiger partial charge in [0, 0.05) is 0 Å². The zero-order valence-electron chi connectivity index (χ0n) is 11.4. The third-order valence-electron chi connectivity index (χ3n) is 2.55. The van der Waals surface area contributed by atoms with Gasteiger partial charge >= 0.3 is 0 Å². The van der Waals surface area contributed by atoms with E-state index in [2.05, 4.69) is 12.2 Å². The maximum Gasteiger partial charge on any atom is 0.230 e. The van der Waals surface area contributed by atoms with Crippen LogP contribution in [-0.4, -0.2) is 29.2 Å². The van der Waals surface area contributed by atoms with Crippen LogP contribution in [0.5, 0.6) is 0 Å². The summed E-state index contributed by atoms with van der Waals surface area (Å²) in [6.07, 6.45) is 3.58. The Morgan fingerprint density at radius 3 is 2.35 bits per heavy atom. The average molecular weight is 259 g/mol. The molecule has 0 aliphatic carbocycles. The van der Waals surface area contributed by atoms with Crippen LogP contribution in [-0.2, 0) is 9.59 Å². The van der Waals surface area contributed by atoms with Gasteiger partial charge < -0.3 is 5.32 Å². The quantitative estimate of drug-likeness (QED) is 0.647. The Morgan fingerprint density at radius 2 is 1.88 bits per heavy atom. The Hall–Kier alpha value is -0.510. The molecule has 4 heteroatoms. The molecule has 0 rings (SSSR count). The zero-order chi connectivity index (χ0) is 13.3. The number of Topliss-reactive ketones (excluding diaryl/α,β-unsaturated/α-hetero) is 1. The van der Waals surface area contributed by atoms with E-state index in [1.807, 2.05) is 13.8 Å². The zero-order valence-corrected chi connectivity index (χ0v) is 12.2. The van der Waals surface area contributed by atoms with Crippen molar-refractivity contribution >= 4 is 23.5 Å². The molecular weight excluding hydrogens is 234 g/mol. The summed E-state index contributed by atoms with van der Waals surface area (Å²) in [5.74, 6) is 1.64. The smallest absolute Gasteiger partial charge is 0.230 e. The molecule has 1 amide bonds. The molecule has 0 bridgehead atoms. The van der Waals surface area contributed by atoms with Crippen LogP contribution in [0.4, 0.5) is 0 Å². The minimum absolute atomic E-state index is 0.0274. The van der Waals surface area contributed by atoms with E-state index in [-0.39, 0.29) is 23.7 Å². The molecule has 0 spiro atoms. The van der Waals surface area contributed by atoms with Gasteiger partial charge in [0.2, 0.25) is 5.91 Å². The number of amides is 1. The van der Waals surface area contributed by atoms with Gasteiger partial charge in [-0.3, -0.25) is 9.59 Å². The second kappa shape index (κ2) is 9.51. The van der Waals surface area contributed by atoms with Gasteiger partial charge in [0.1, 0.15) is 0 Å². The Morgan fingerprint density at radius 1 is 1.24 bits per heavy atom. The van der Waals surface area contributed by atoms with Crippen molar-refractivity contribution in [2.24, 2.45) is 5.92 Å². The Bertz CT molecular complexity index is 242. The van der Waals surface area contributed by atoms with Crippen LogP contribution in [0.25, 0.3) is 0 Å². The molecule has 100 valence electrons. The highest BCUT2D eigenvalue weighted by Crippen LogP contribution is 2.07. The first-order valence-electron chi connectivity index (χ1n) is 6.36. The average Bonchev–Trinajstić information content (AvgIpc) is 2.24. The lowest BCUT2D eigenvalue weighted by molar-refractivity contribution is -0.126. The first-order chi connectivity index (χ1) is 7.99. The van der Waals surface area contributed by atoms with Gasteiger partial charge in [-0.1, -0.05) is 33.6 Å². The van der Waals surface area contributed by atoms with Gasteiger partial charge in [0.15, 0.2) is 5.78 Å². The van der Waals surface area contributed by atoms with Crippen molar-refractivity contribution < 1.29 is 9.59 Å². The highest BCUT2D eigenvalue weighted by molar-refractivity contribution is 7.99. The van der Waals surface area contributed by atoms with Crippen LogP contribution in [0.3, 0.4) is 0 Å². The van der Waals surface area contributed by atoms with Crippen LogP contribution in [0.15, 0.2) is 0 Å². The van der Waals surface area contributed by atoms with E-state index in [0.29, 0.717) is 5.75 Å². The number of carbonyl (C=O) groups is 2. The fourth-order valence-corrected chi connectivity index (χ4v) is 2.39. The largest absolute Gasteiger partial charge is 0.345 e. The summed E-state index contributed by atoms with van der Waals surface area (Å²) in [5.41, 5.74) is 0. The maximum atomic E-state index is 11.6. The first kappa shape index (κ1) is 16.5. The Labute approximate surface area is 109 Å². The molecule has 0 radical (unpaired) electrons. The van der Waals surface area contributed by atoms with E-state index in [1.165, 1.54) is 19.8 Å². The SMILES string of the molecule is CCCCCSCC(=O)NC(C(C)=O)C(C)C. The van der Waals surface area contributed by atoms with Crippen LogP contribution in [0, 0.1) is 5.92 Å². The molecule has 1 atom stereocenters. The van der Waals surface area contributed by atoms with Gasteiger partial charge in [0.05, 0.1) is 11.8 Å². The summed E-state index contributed by atoms with van der Waals surface area (Å²) >= 11 is 1.64. The number of nitrogens with one attached hydrogen (secondary N) is 1. The summed E-state index contributed by atoms with van der Waals surface area (Å²) in [7, 11) is 0. The lowest BCUT2D eigenvalue weighted by atomic mass is 10.0. The predicted octanol–water partition coefficient (Wildman–Crippen LogP) is 2.64. The van der Waals surface area contributed by atoms with E-state index < -0.39 is 0 Å². The second-order valence-electron chi connectivity index (χ2n) is 4.66. The molecule has 0 saturated heterocycles. The van der Waals surface area contributed by atoms with Crippen molar-refractivity contribution in [1.82, 2.24) is 5.32 Å². The van der Waals surface area contributed by atoms with Crippen LogP contribution in [0.2, 0.25) is 0 Å². The van der Waals surface area contributed by atoms with Gasteiger partial charge in [0.25, 0.3) is 0 Å². The van der Waals surface area contributed by atoms with E-state index in [4.69, 9.17) is 0 Å². The van der Waals surface area contributed by atoms with Crippen LogP contribution >= 0.6 is 11.8 Å². The molecule has 3 nitrogen and oxygen atoms in total.